The zero-order valence-corrected chi connectivity index (χ0v) is 18.3. The highest BCUT2D eigenvalue weighted by molar-refractivity contribution is 6.32. The average Bonchev–Trinajstić information content (AvgIpc) is 3.10. The molecule has 3 aromatic carbocycles. The minimum Gasteiger partial charge on any atom is -0.494 e. The van der Waals surface area contributed by atoms with E-state index < -0.39 is 19.0 Å². The number of hydrogen-bond donors (Lipinski definition) is 2. The first-order valence-electron chi connectivity index (χ1n) is 10.1. The Bertz CT molecular complexity index is 1350. The number of rotatable bonds is 8. The predicted octanol–water partition coefficient (Wildman–Crippen LogP) is 5.81. The molecule has 4 aromatic rings. The fourth-order valence-electron chi connectivity index (χ4n) is 3.86. The fourth-order valence-corrected chi connectivity index (χ4v) is 4.15. The van der Waals surface area contributed by atoms with Crippen molar-refractivity contribution in [3.63, 3.8) is 0 Å². The van der Waals surface area contributed by atoms with Gasteiger partial charge in [0, 0.05) is 17.0 Å². The molecule has 33 heavy (non-hydrogen) atoms. The maximum Gasteiger partial charge on any atom is 0.307 e. The van der Waals surface area contributed by atoms with E-state index in [2.05, 4.69) is 0 Å². The maximum atomic E-state index is 13.0. The summed E-state index contributed by atoms with van der Waals surface area (Å²) in [5.41, 5.74) is 0.875. The molecule has 1 heterocycles. The van der Waals surface area contributed by atoms with Crippen LogP contribution in [0.15, 0.2) is 48.7 Å². The molecule has 0 unspecified atom stereocenters. The van der Waals surface area contributed by atoms with Crippen LogP contribution in [0.1, 0.15) is 12.5 Å². The highest BCUT2D eigenvalue weighted by Crippen LogP contribution is 2.48. The topological polar surface area (TPSA) is 80.9 Å². The molecule has 9 heteroatoms. The second-order valence-corrected chi connectivity index (χ2v) is 7.71. The van der Waals surface area contributed by atoms with Gasteiger partial charge in [0.1, 0.15) is 18.1 Å². The van der Waals surface area contributed by atoms with Gasteiger partial charge < -0.3 is 19.7 Å². The number of aromatic nitrogens is 1. The summed E-state index contributed by atoms with van der Waals surface area (Å²) in [4.78, 5) is 11.0. The summed E-state index contributed by atoms with van der Waals surface area (Å²) in [6.45, 7) is 1.31. The number of aliphatic carboxylic acids is 1. The molecule has 1 aromatic heterocycles. The van der Waals surface area contributed by atoms with Gasteiger partial charge in [-0.2, -0.15) is 0 Å². The molecule has 0 spiro atoms. The average molecular weight is 476 g/mol. The molecule has 0 saturated carbocycles. The highest BCUT2D eigenvalue weighted by atomic mass is 35.5. The van der Waals surface area contributed by atoms with E-state index in [4.69, 9.17) is 26.2 Å². The lowest BCUT2D eigenvalue weighted by Gasteiger charge is -2.15. The number of carbonyl (C=O) groups is 1. The van der Waals surface area contributed by atoms with Crippen molar-refractivity contribution < 1.29 is 33.3 Å². The summed E-state index contributed by atoms with van der Waals surface area (Å²) < 4.78 is 38.7. The Morgan fingerprint density at radius 2 is 1.79 bits per heavy atom. The molecular weight excluding hydrogens is 456 g/mol. The third-order valence-corrected chi connectivity index (χ3v) is 5.44. The third-order valence-electron chi connectivity index (χ3n) is 5.14. The number of aromatic hydroxyl groups is 1. The molecule has 0 aliphatic carbocycles. The van der Waals surface area contributed by atoms with Crippen LogP contribution in [0, 0.1) is 0 Å². The van der Waals surface area contributed by atoms with Crippen molar-refractivity contribution in [3.05, 3.63) is 59.2 Å². The number of halogens is 3. The van der Waals surface area contributed by atoms with Gasteiger partial charge in [0.15, 0.2) is 0 Å². The van der Waals surface area contributed by atoms with Crippen LogP contribution in [0.2, 0.25) is 5.02 Å². The van der Waals surface area contributed by atoms with Gasteiger partial charge in [0.2, 0.25) is 5.88 Å². The number of hydrogen-bond acceptors (Lipinski definition) is 4. The largest absolute Gasteiger partial charge is 0.494 e. The molecule has 172 valence electrons. The summed E-state index contributed by atoms with van der Waals surface area (Å²) in [6, 6.07) is 11.7. The van der Waals surface area contributed by atoms with E-state index in [0.717, 1.165) is 0 Å². The minimum atomic E-state index is -2.70. The van der Waals surface area contributed by atoms with E-state index in [0.29, 0.717) is 39.8 Å². The second-order valence-electron chi connectivity index (χ2n) is 7.31. The van der Waals surface area contributed by atoms with E-state index in [1.165, 1.54) is 10.6 Å². The van der Waals surface area contributed by atoms with Crippen LogP contribution in [0.25, 0.3) is 27.2 Å². The Kier molecular flexibility index (Phi) is 6.29. The predicted molar refractivity (Wildman–Crippen MR) is 121 cm³/mol. The Morgan fingerprint density at radius 1 is 1.09 bits per heavy atom. The van der Waals surface area contributed by atoms with Crippen LogP contribution in [0.4, 0.5) is 8.78 Å². The van der Waals surface area contributed by atoms with Crippen molar-refractivity contribution in [1.29, 1.82) is 0 Å². The van der Waals surface area contributed by atoms with Crippen molar-refractivity contribution in [2.24, 2.45) is 0 Å². The van der Waals surface area contributed by atoms with Gasteiger partial charge in [-0.3, -0.25) is 9.36 Å². The van der Waals surface area contributed by atoms with Gasteiger partial charge in [-0.1, -0.05) is 41.9 Å². The molecule has 0 saturated heterocycles. The van der Waals surface area contributed by atoms with E-state index in [1.54, 1.807) is 42.6 Å². The van der Waals surface area contributed by atoms with Gasteiger partial charge in [0.25, 0.3) is 6.43 Å². The molecule has 0 aliphatic heterocycles. The van der Waals surface area contributed by atoms with Crippen LogP contribution in [-0.4, -0.2) is 40.4 Å². The Labute approximate surface area is 192 Å². The molecule has 6 nitrogen and oxygen atoms in total. The van der Waals surface area contributed by atoms with Crippen molar-refractivity contribution in [2.75, 3.05) is 13.2 Å². The first-order chi connectivity index (χ1) is 15.8. The molecule has 0 fully saturated rings. The van der Waals surface area contributed by atoms with Crippen LogP contribution in [0.5, 0.6) is 17.4 Å². The summed E-state index contributed by atoms with van der Waals surface area (Å²) in [7, 11) is 0. The van der Waals surface area contributed by atoms with Crippen molar-refractivity contribution >= 4 is 39.1 Å². The van der Waals surface area contributed by atoms with Crippen molar-refractivity contribution in [3.8, 4) is 23.1 Å². The lowest BCUT2D eigenvalue weighted by molar-refractivity contribution is -0.136. The van der Waals surface area contributed by atoms with Crippen LogP contribution in [-0.2, 0) is 11.2 Å². The Hall–Kier alpha value is -3.52. The minimum absolute atomic E-state index is 0.110. The van der Waals surface area contributed by atoms with Gasteiger partial charge in [-0.25, -0.2) is 8.78 Å². The number of ether oxygens (including phenoxy) is 2. The SMILES string of the molecule is CCOc1c2ccccc2c(OCC(F)F)c2c(O)n(-c3ccc(CC(=O)O)cc3Cl)cc12. The monoisotopic (exact) mass is 475 g/mol. The van der Waals surface area contributed by atoms with Gasteiger partial charge in [0.05, 0.1) is 34.5 Å². The van der Waals surface area contributed by atoms with Gasteiger partial charge >= 0.3 is 5.97 Å². The second kappa shape index (κ2) is 9.15. The van der Waals surface area contributed by atoms with Crippen molar-refractivity contribution in [1.82, 2.24) is 4.57 Å². The van der Waals surface area contributed by atoms with Crippen molar-refractivity contribution in [2.45, 2.75) is 19.8 Å². The lowest BCUT2D eigenvalue weighted by Crippen LogP contribution is -2.08. The quantitative estimate of drug-likeness (QED) is 0.336. The molecule has 0 atom stereocenters. The number of nitrogens with zero attached hydrogens (tertiary/aromatic N) is 1. The molecule has 0 aliphatic rings. The Balaban J connectivity index is 2.00. The summed E-state index contributed by atoms with van der Waals surface area (Å²) in [5, 5.41) is 22.2. The van der Waals surface area contributed by atoms with E-state index in [-0.39, 0.29) is 28.5 Å². The van der Waals surface area contributed by atoms with Crippen LogP contribution < -0.4 is 9.47 Å². The first-order valence-corrected chi connectivity index (χ1v) is 10.5. The maximum absolute atomic E-state index is 13.0. The molecule has 0 radical (unpaired) electrons. The van der Waals surface area contributed by atoms with Gasteiger partial charge in [-0.05, 0) is 24.6 Å². The summed E-state index contributed by atoms with van der Waals surface area (Å²) in [5.74, 6) is -0.685. The molecule has 0 bridgehead atoms. The van der Waals surface area contributed by atoms with E-state index >= 15 is 0 Å². The normalized spacial score (nSPS) is 11.4. The number of alkyl halides is 2. The molecule has 4 rings (SSSR count). The first kappa shape index (κ1) is 22.7. The summed E-state index contributed by atoms with van der Waals surface area (Å²) >= 11 is 6.41. The van der Waals surface area contributed by atoms with E-state index in [9.17, 15) is 18.7 Å². The van der Waals surface area contributed by atoms with E-state index in [1.807, 2.05) is 6.92 Å². The Morgan fingerprint density at radius 3 is 2.39 bits per heavy atom. The summed E-state index contributed by atoms with van der Waals surface area (Å²) in [6.07, 6.45) is -1.31. The molecule has 0 amide bonds. The molecule has 2 N–H and O–H groups in total. The van der Waals surface area contributed by atoms with Gasteiger partial charge in [-0.15, -0.1) is 0 Å². The van der Waals surface area contributed by atoms with Crippen LogP contribution in [0.3, 0.4) is 0 Å². The zero-order valence-electron chi connectivity index (χ0n) is 17.5. The smallest absolute Gasteiger partial charge is 0.307 e. The fraction of sp³-hybridized carbons (Fsp3) is 0.208. The third kappa shape index (κ3) is 4.26. The number of fused-ring (bicyclic) bond motifs is 2. The highest BCUT2D eigenvalue weighted by Gasteiger charge is 2.24. The van der Waals surface area contributed by atoms with Crippen LogP contribution >= 0.6 is 11.6 Å². The number of carboxylic acids is 1. The molecular formula is C24H20ClF2NO5. The standard InChI is InChI=1S/C24H20ClF2NO5/c1-2-32-22-14-5-3-4-6-15(14)23(33-12-19(26)27)21-16(22)11-28(24(21)31)18-8-7-13(9-17(18)25)10-20(29)30/h3-9,11,19,31H,2,10,12H2,1H3,(H,29,30). The number of carboxylic acid groups (broad SMARTS) is 1. The zero-order chi connectivity index (χ0) is 23.7. The number of benzene rings is 3. The lowest BCUT2D eigenvalue weighted by atomic mass is 10.0.